The molecule has 2 amide bonds. The van der Waals surface area contributed by atoms with E-state index in [2.05, 4.69) is 15.6 Å². The molecular weight excluding hydrogens is 475 g/mol. The SMILES string of the molecule is O=C1CCc2c(Oc3ccc(O)c([C@@H]4[C@@H]5C[C@@]45NC(=O)c4ccc(C(F)(F)F)cc4)c3)ccnc2N1. The van der Waals surface area contributed by atoms with Crippen molar-refractivity contribution in [1.29, 1.82) is 0 Å². The van der Waals surface area contributed by atoms with Crippen LogP contribution in [0.2, 0.25) is 0 Å². The summed E-state index contributed by atoms with van der Waals surface area (Å²) in [6, 6.07) is 10.7. The summed E-state index contributed by atoms with van der Waals surface area (Å²) in [6.45, 7) is 0. The molecule has 7 nitrogen and oxygen atoms in total. The molecule has 0 spiro atoms. The number of alkyl halides is 3. The smallest absolute Gasteiger partial charge is 0.416 e. The highest BCUT2D eigenvalue weighted by atomic mass is 19.4. The molecule has 2 fully saturated rings. The van der Waals surface area contributed by atoms with Crippen LogP contribution in [0, 0.1) is 5.92 Å². The number of anilines is 1. The average molecular weight is 495 g/mol. The molecule has 0 bridgehead atoms. The van der Waals surface area contributed by atoms with E-state index in [0.717, 1.165) is 36.2 Å². The number of hydrogen-bond acceptors (Lipinski definition) is 5. The van der Waals surface area contributed by atoms with Gasteiger partial charge in [0.25, 0.3) is 5.91 Å². The lowest BCUT2D eigenvalue weighted by Gasteiger charge is -2.20. The van der Waals surface area contributed by atoms with E-state index >= 15 is 0 Å². The molecule has 36 heavy (non-hydrogen) atoms. The molecule has 2 aliphatic carbocycles. The van der Waals surface area contributed by atoms with Gasteiger partial charge in [0, 0.05) is 35.2 Å². The summed E-state index contributed by atoms with van der Waals surface area (Å²) < 4.78 is 44.5. The Morgan fingerprint density at radius 1 is 1.14 bits per heavy atom. The summed E-state index contributed by atoms with van der Waals surface area (Å²) in [5.41, 5.74) is 0.236. The topological polar surface area (TPSA) is 101 Å². The van der Waals surface area contributed by atoms with Crippen LogP contribution >= 0.6 is 0 Å². The minimum absolute atomic E-state index is 0.0757. The number of nitrogens with one attached hydrogen (secondary N) is 2. The molecule has 184 valence electrons. The van der Waals surface area contributed by atoms with Crippen molar-refractivity contribution in [3.05, 3.63) is 77.0 Å². The third kappa shape index (κ3) is 3.73. The van der Waals surface area contributed by atoms with E-state index in [-0.39, 0.29) is 29.1 Å². The third-order valence-corrected chi connectivity index (χ3v) is 7.16. The van der Waals surface area contributed by atoms with E-state index < -0.39 is 23.2 Å². The maximum absolute atomic E-state index is 12.8. The van der Waals surface area contributed by atoms with Crippen molar-refractivity contribution in [2.45, 2.75) is 36.9 Å². The number of hydrogen-bond donors (Lipinski definition) is 3. The average Bonchev–Trinajstić information content (AvgIpc) is 3.70. The van der Waals surface area contributed by atoms with E-state index in [9.17, 15) is 27.9 Å². The lowest BCUT2D eigenvalue weighted by Crippen LogP contribution is -2.33. The van der Waals surface area contributed by atoms with Gasteiger partial charge in [0.05, 0.1) is 11.1 Å². The van der Waals surface area contributed by atoms with Crippen LogP contribution in [0.3, 0.4) is 0 Å². The second-order valence-corrected chi connectivity index (χ2v) is 9.36. The number of fused-ring (bicyclic) bond motifs is 2. The number of aromatic nitrogens is 1. The van der Waals surface area contributed by atoms with Gasteiger partial charge in [0.15, 0.2) is 0 Å². The van der Waals surface area contributed by atoms with Gasteiger partial charge in [-0.15, -0.1) is 0 Å². The number of rotatable bonds is 5. The predicted molar refractivity (Wildman–Crippen MR) is 122 cm³/mol. The second kappa shape index (κ2) is 7.71. The van der Waals surface area contributed by atoms with Crippen LogP contribution in [-0.4, -0.2) is 27.4 Å². The molecule has 3 aliphatic rings. The summed E-state index contributed by atoms with van der Waals surface area (Å²) in [5, 5.41) is 16.2. The molecule has 0 unspecified atom stereocenters. The number of phenolic OH excluding ortho intramolecular Hbond substituents is 1. The summed E-state index contributed by atoms with van der Waals surface area (Å²) in [4.78, 5) is 28.5. The Morgan fingerprint density at radius 3 is 2.64 bits per heavy atom. The van der Waals surface area contributed by atoms with Crippen molar-refractivity contribution in [2.75, 3.05) is 5.32 Å². The first-order valence-electron chi connectivity index (χ1n) is 11.4. The molecule has 0 saturated heterocycles. The standard InChI is InChI=1S/C26H20F3N3O4/c27-26(28,29)14-3-1-13(2-4-14)24(35)32-25-12-18(25)22(25)17-11-15(5-7-19(17)33)36-20-9-10-30-23-16(20)6-8-21(34)31-23/h1-5,7,9-11,18,22,33H,6,8,12H2,(H,32,35)(H,30,31,34)/t18-,22+,25-/m0/s1. The molecule has 2 heterocycles. The molecule has 2 aromatic carbocycles. The number of nitrogens with zero attached hydrogens (tertiary/aromatic N) is 1. The number of aromatic hydroxyl groups is 1. The molecule has 0 radical (unpaired) electrons. The van der Waals surface area contributed by atoms with E-state index in [1.807, 2.05) is 0 Å². The van der Waals surface area contributed by atoms with Crippen LogP contribution in [0.25, 0.3) is 0 Å². The summed E-state index contributed by atoms with van der Waals surface area (Å²) >= 11 is 0. The first kappa shape index (κ1) is 22.4. The quantitative estimate of drug-likeness (QED) is 0.474. The Labute approximate surface area is 203 Å². The van der Waals surface area contributed by atoms with Gasteiger partial charge >= 0.3 is 6.18 Å². The predicted octanol–water partition coefficient (Wildman–Crippen LogP) is 4.77. The number of benzene rings is 2. The van der Waals surface area contributed by atoms with Crippen molar-refractivity contribution < 1.29 is 32.6 Å². The molecule has 3 aromatic rings. The Morgan fingerprint density at radius 2 is 1.92 bits per heavy atom. The van der Waals surface area contributed by atoms with Crippen molar-refractivity contribution >= 4 is 17.6 Å². The maximum atomic E-state index is 12.8. The highest BCUT2D eigenvalue weighted by Gasteiger charge is 2.80. The Balaban J connectivity index is 1.18. The monoisotopic (exact) mass is 495 g/mol. The van der Waals surface area contributed by atoms with Gasteiger partial charge in [0.1, 0.15) is 23.1 Å². The van der Waals surface area contributed by atoms with Gasteiger partial charge in [-0.2, -0.15) is 13.2 Å². The first-order chi connectivity index (χ1) is 17.2. The van der Waals surface area contributed by atoms with Crippen LogP contribution in [0.1, 0.15) is 45.8 Å². The highest BCUT2D eigenvalue weighted by Crippen LogP contribution is 2.77. The molecule has 6 rings (SSSR count). The second-order valence-electron chi connectivity index (χ2n) is 9.36. The number of carbonyl (C=O) groups excluding carboxylic acids is 2. The number of ether oxygens (including phenoxy) is 1. The molecule has 1 aromatic heterocycles. The van der Waals surface area contributed by atoms with E-state index in [1.165, 1.54) is 6.07 Å². The van der Waals surface area contributed by atoms with Crippen molar-refractivity contribution in [2.24, 2.45) is 5.92 Å². The van der Waals surface area contributed by atoms with Crippen LogP contribution in [0.5, 0.6) is 17.2 Å². The highest BCUT2D eigenvalue weighted by molar-refractivity contribution is 5.96. The lowest BCUT2D eigenvalue weighted by atomic mass is 9.99. The van der Waals surface area contributed by atoms with E-state index in [0.29, 0.717) is 35.7 Å². The zero-order valence-corrected chi connectivity index (χ0v) is 18.7. The molecule has 3 atom stereocenters. The van der Waals surface area contributed by atoms with Gasteiger partial charge in [-0.25, -0.2) is 4.98 Å². The fourth-order valence-electron chi connectivity index (χ4n) is 5.04. The van der Waals surface area contributed by atoms with Crippen LogP contribution in [-0.2, 0) is 17.4 Å². The number of phenols is 1. The molecule has 1 aliphatic heterocycles. The van der Waals surface area contributed by atoms with Crippen molar-refractivity contribution in [1.82, 2.24) is 10.3 Å². The van der Waals surface area contributed by atoms with Gasteiger partial charge in [-0.3, -0.25) is 9.59 Å². The molecule has 10 heteroatoms. The van der Waals surface area contributed by atoms with Gasteiger partial charge in [0.2, 0.25) is 5.91 Å². The van der Waals surface area contributed by atoms with Crippen LogP contribution in [0.4, 0.5) is 19.0 Å². The number of halogens is 3. The normalized spacial score (nSPS) is 23.7. The number of pyridine rings is 1. The Hall–Kier alpha value is -4.08. The zero-order chi connectivity index (χ0) is 25.2. The van der Waals surface area contributed by atoms with Gasteiger partial charge in [-0.05, 0) is 67.3 Å². The fraction of sp³-hybridized carbons (Fsp3) is 0.269. The minimum atomic E-state index is -4.47. The van der Waals surface area contributed by atoms with Crippen LogP contribution in [0.15, 0.2) is 54.7 Å². The first-order valence-corrected chi connectivity index (χ1v) is 11.4. The number of carbonyl (C=O) groups is 2. The molecule has 3 N–H and O–H groups in total. The summed E-state index contributed by atoms with van der Waals surface area (Å²) in [5.74, 6) is 1.06. The zero-order valence-electron chi connectivity index (χ0n) is 18.7. The lowest BCUT2D eigenvalue weighted by molar-refractivity contribution is -0.137. The third-order valence-electron chi connectivity index (χ3n) is 7.16. The summed E-state index contributed by atoms with van der Waals surface area (Å²) in [6.07, 6.45) is -1.36. The van der Waals surface area contributed by atoms with Crippen LogP contribution < -0.4 is 15.4 Å². The van der Waals surface area contributed by atoms with E-state index in [1.54, 1.807) is 24.4 Å². The van der Waals surface area contributed by atoms with Crippen molar-refractivity contribution in [3.63, 3.8) is 0 Å². The summed E-state index contributed by atoms with van der Waals surface area (Å²) in [7, 11) is 0. The molecular formula is C26H20F3N3O4. The minimum Gasteiger partial charge on any atom is -0.508 e. The molecule has 2 saturated carbocycles. The largest absolute Gasteiger partial charge is 0.508 e. The van der Waals surface area contributed by atoms with Gasteiger partial charge in [-0.1, -0.05) is 0 Å². The van der Waals surface area contributed by atoms with E-state index in [4.69, 9.17) is 4.74 Å². The Kier molecular flexibility index (Phi) is 4.79. The fourth-order valence-corrected chi connectivity index (χ4v) is 5.04. The Bertz CT molecular complexity index is 1410. The van der Waals surface area contributed by atoms with Crippen molar-refractivity contribution in [3.8, 4) is 17.2 Å². The maximum Gasteiger partial charge on any atom is 0.416 e. The number of amides is 2. The van der Waals surface area contributed by atoms with Gasteiger partial charge < -0.3 is 20.5 Å².